The predicted molar refractivity (Wildman–Crippen MR) is 101 cm³/mol. The Labute approximate surface area is 166 Å². The number of para-hydroxylation sites is 1. The number of nitrogens with zero attached hydrogens (tertiary/aromatic N) is 1. The number of rotatable bonds is 1. The summed E-state index contributed by atoms with van der Waals surface area (Å²) in [5, 5.41) is 23.1. The largest absolute Gasteiger partial charge is 0.469 e. The number of nitrogens with one attached hydrogen (secondary N) is 1. The second kappa shape index (κ2) is 6.14. The Hall–Kier alpha value is -2.71. The molecule has 1 aromatic heterocycles. The number of Topliss-reactive ketones (excluding diaryl/α,β-unsaturated/α-hetero) is 1. The molecular weight excluding hydrogens is 376 g/mol. The molecule has 0 spiro atoms. The third kappa shape index (κ3) is 2.24. The number of benzene rings is 1. The van der Waals surface area contributed by atoms with E-state index in [0.717, 1.165) is 16.5 Å². The van der Waals surface area contributed by atoms with Gasteiger partial charge >= 0.3 is 5.97 Å². The van der Waals surface area contributed by atoms with E-state index in [0.29, 0.717) is 12.8 Å². The van der Waals surface area contributed by atoms with Crippen LogP contribution in [0.1, 0.15) is 28.9 Å². The van der Waals surface area contributed by atoms with Gasteiger partial charge in [0.1, 0.15) is 0 Å². The van der Waals surface area contributed by atoms with Gasteiger partial charge in [-0.2, -0.15) is 0 Å². The van der Waals surface area contributed by atoms with Crippen molar-refractivity contribution in [2.45, 2.75) is 31.1 Å². The zero-order chi connectivity index (χ0) is 20.5. The van der Waals surface area contributed by atoms with Gasteiger partial charge in [-0.15, -0.1) is 0 Å². The maximum absolute atomic E-state index is 13.7. The number of aromatic nitrogens is 1. The molecule has 0 unspecified atom stereocenters. The van der Waals surface area contributed by atoms with E-state index < -0.39 is 41.3 Å². The molecule has 2 aromatic rings. The van der Waals surface area contributed by atoms with Gasteiger partial charge in [-0.05, 0) is 30.9 Å². The smallest absolute Gasteiger partial charge is 0.311 e. The third-order valence-electron chi connectivity index (χ3n) is 6.90. The van der Waals surface area contributed by atoms with Gasteiger partial charge in [0.05, 0.1) is 24.8 Å². The Morgan fingerprint density at radius 1 is 1.28 bits per heavy atom. The van der Waals surface area contributed by atoms with Crippen LogP contribution < -0.4 is 0 Å². The van der Waals surface area contributed by atoms with Crippen molar-refractivity contribution < 1.29 is 29.3 Å². The second-order valence-electron chi connectivity index (χ2n) is 8.15. The second-order valence-corrected chi connectivity index (χ2v) is 8.15. The maximum atomic E-state index is 13.7. The number of carbonyl (C=O) groups excluding carboxylic acids is 3. The fourth-order valence-electron chi connectivity index (χ4n) is 5.61. The normalized spacial score (nSPS) is 33.8. The fraction of sp³-hybridized carbons (Fsp3) is 0.476. The predicted octanol–water partition coefficient (Wildman–Crippen LogP) is 0.614. The van der Waals surface area contributed by atoms with Crippen molar-refractivity contribution in [1.29, 1.82) is 0 Å². The molecule has 3 aliphatic rings. The Balaban J connectivity index is 1.69. The number of aliphatic hydroxyl groups excluding tert-OH is 1. The molecule has 2 fully saturated rings. The molecule has 1 aliphatic carbocycles. The number of ether oxygens (including phenoxy) is 1. The summed E-state index contributed by atoms with van der Waals surface area (Å²) in [5.74, 6) is -4.61. The van der Waals surface area contributed by atoms with Crippen LogP contribution in [0.4, 0.5) is 0 Å². The lowest BCUT2D eigenvalue weighted by Crippen LogP contribution is -2.59. The molecule has 2 aliphatic heterocycles. The van der Waals surface area contributed by atoms with Crippen LogP contribution >= 0.6 is 0 Å². The summed E-state index contributed by atoms with van der Waals surface area (Å²) in [6, 6.07) is 7.46. The fourth-order valence-corrected chi connectivity index (χ4v) is 5.61. The van der Waals surface area contributed by atoms with Crippen molar-refractivity contribution in [2.24, 2.45) is 17.8 Å². The number of carbonyl (C=O) groups is 3. The molecule has 29 heavy (non-hydrogen) atoms. The number of fused-ring (bicyclic) bond motifs is 6. The van der Waals surface area contributed by atoms with Gasteiger partial charge in [-0.25, -0.2) is 0 Å². The number of esters is 1. The first-order valence-corrected chi connectivity index (χ1v) is 9.83. The Bertz CT molecular complexity index is 1040. The molecule has 1 amide bonds. The number of hydrogen-bond donors (Lipinski definition) is 3. The summed E-state index contributed by atoms with van der Waals surface area (Å²) >= 11 is 0. The highest BCUT2D eigenvalue weighted by atomic mass is 16.5. The van der Waals surface area contributed by atoms with Crippen molar-refractivity contribution in [2.75, 3.05) is 13.7 Å². The van der Waals surface area contributed by atoms with Crippen molar-refractivity contribution in [3.63, 3.8) is 0 Å². The molecular formula is C21H22N2O6. The molecule has 8 nitrogen and oxygen atoms in total. The van der Waals surface area contributed by atoms with Gasteiger partial charge in [0.25, 0.3) is 0 Å². The van der Waals surface area contributed by atoms with Gasteiger partial charge in [0.2, 0.25) is 17.4 Å². The summed E-state index contributed by atoms with van der Waals surface area (Å²) in [6.45, 7) is 0.160. The van der Waals surface area contributed by atoms with Crippen molar-refractivity contribution >= 4 is 28.6 Å². The van der Waals surface area contributed by atoms with Crippen LogP contribution in [-0.2, 0) is 20.7 Å². The highest BCUT2D eigenvalue weighted by Crippen LogP contribution is 2.52. The topological polar surface area (TPSA) is 120 Å². The van der Waals surface area contributed by atoms with Gasteiger partial charge in [0, 0.05) is 29.3 Å². The molecule has 3 heterocycles. The van der Waals surface area contributed by atoms with Crippen molar-refractivity contribution in [3.05, 3.63) is 35.5 Å². The highest BCUT2D eigenvalue weighted by Gasteiger charge is 2.68. The summed E-state index contributed by atoms with van der Waals surface area (Å²) in [4.78, 5) is 43.6. The van der Waals surface area contributed by atoms with Gasteiger partial charge in [-0.1, -0.05) is 18.2 Å². The van der Waals surface area contributed by atoms with Crippen LogP contribution in [0.15, 0.2) is 24.3 Å². The van der Waals surface area contributed by atoms with Crippen LogP contribution in [0.2, 0.25) is 0 Å². The quantitative estimate of drug-likeness (QED) is 0.606. The molecule has 3 N–H and O–H groups in total. The van der Waals surface area contributed by atoms with Crippen LogP contribution in [0.25, 0.3) is 10.9 Å². The number of aliphatic hydroxyl groups is 2. The van der Waals surface area contributed by atoms with Crippen LogP contribution in [-0.4, -0.2) is 63.2 Å². The monoisotopic (exact) mass is 398 g/mol. The first-order chi connectivity index (χ1) is 13.9. The minimum atomic E-state index is -2.20. The lowest BCUT2D eigenvalue weighted by molar-refractivity contribution is -0.167. The number of H-pyrrole nitrogens is 1. The maximum Gasteiger partial charge on any atom is 0.311 e. The zero-order valence-corrected chi connectivity index (χ0v) is 15.9. The average molecular weight is 398 g/mol. The van der Waals surface area contributed by atoms with E-state index in [4.69, 9.17) is 4.74 Å². The van der Waals surface area contributed by atoms with E-state index in [9.17, 15) is 24.6 Å². The lowest BCUT2D eigenvalue weighted by atomic mass is 9.67. The Kier molecular flexibility index (Phi) is 3.88. The number of ketones is 1. The average Bonchev–Trinajstić information content (AvgIpc) is 3.16. The van der Waals surface area contributed by atoms with E-state index in [2.05, 4.69) is 4.98 Å². The highest BCUT2D eigenvalue weighted by molar-refractivity contribution is 6.10. The molecule has 8 heteroatoms. The third-order valence-corrected chi connectivity index (χ3v) is 6.90. The Morgan fingerprint density at radius 3 is 2.79 bits per heavy atom. The van der Waals surface area contributed by atoms with Crippen LogP contribution in [0.5, 0.6) is 0 Å². The standard InChI is InChI=1S/C21H22N2O6/c1-29-20(27)15-14(24)7-6-12-16(15)21(28)18(25)17-11(8-9-23(21)19(12)26)10-4-2-3-5-13(10)22-17/h2-5,12,14-16,22,24,28H,6-9H2,1H3/t12-,14-,15+,16+,21+/m1/s1. The van der Waals surface area contributed by atoms with Gasteiger partial charge in [0.15, 0.2) is 0 Å². The molecule has 1 saturated heterocycles. The summed E-state index contributed by atoms with van der Waals surface area (Å²) < 4.78 is 4.85. The first kappa shape index (κ1) is 18.3. The van der Waals surface area contributed by atoms with Crippen LogP contribution in [0, 0.1) is 17.8 Å². The van der Waals surface area contributed by atoms with Crippen molar-refractivity contribution in [1.82, 2.24) is 9.88 Å². The minimum Gasteiger partial charge on any atom is -0.469 e. The summed E-state index contributed by atoms with van der Waals surface area (Å²) in [6.07, 6.45) is -0.130. The Morgan fingerprint density at radius 2 is 2.03 bits per heavy atom. The lowest BCUT2D eigenvalue weighted by Gasteiger charge is -2.41. The number of aromatic amines is 1. The van der Waals surface area contributed by atoms with Gasteiger partial charge in [-0.3, -0.25) is 14.4 Å². The van der Waals surface area contributed by atoms with E-state index in [1.807, 2.05) is 24.3 Å². The van der Waals surface area contributed by atoms with Gasteiger partial charge < -0.3 is 24.8 Å². The molecule has 1 saturated carbocycles. The zero-order valence-electron chi connectivity index (χ0n) is 15.9. The molecule has 0 bridgehead atoms. The van der Waals surface area contributed by atoms with Crippen LogP contribution in [0.3, 0.4) is 0 Å². The van der Waals surface area contributed by atoms with E-state index in [1.165, 1.54) is 12.0 Å². The number of hydrogen-bond acceptors (Lipinski definition) is 6. The SMILES string of the molecule is COC(=O)[C@@H]1[C@@H]2[C@@H](CC[C@H]1O)C(=O)N1CCc3c([nH]c4ccccc34)C(=O)[C@@]21O. The van der Waals surface area contributed by atoms with E-state index >= 15 is 0 Å². The first-order valence-electron chi connectivity index (χ1n) is 9.83. The molecule has 5 rings (SSSR count). The number of amides is 1. The number of methoxy groups -OCH3 is 1. The summed E-state index contributed by atoms with van der Waals surface area (Å²) in [7, 11) is 1.20. The van der Waals surface area contributed by atoms with E-state index in [-0.39, 0.29) is 24.6 Å². The van der Waals surface area contributed by atoms with E-state index in [1.54, 1.807) is 0 Å². The molecule has 1 aromatic carbocycles. The molecule has 5 atom stereocenters. The minimum absolute atomic E-state index is 0.160. The van der Waals surface area contributed by atoms with Crippen molar-refractivity contribution in [3.8, 4) is 0 Å². The molecule has 0 radical (unpaired) electrons. The summed E-state index contributed by atoms with van der Waals surface area (Å²) in [5.41, 5.74) is -0.414. The molecule has 152 valence electrons.